The molecule has 0 saturated carbocycles. The number of nitrogens with one attached hydrogen (secondary N) is 3. The third-order valence-electron chi connectivity index (χ3n) is 6.48. The largest absolute Gasteiger partial charge is 0.479 e. The number of alkyl halides is 3. The molecule has 1 aliphatic heterocycles. The van der Waals surface area contributed by atoms with Crippen LogP contribution in [0.2, 0.25) is 0 Å². The summed E-state index contributed by atoms with van der Waals surface area (Å²) in [6, 6.07) is 9.39. The summed E-state index contributed by atoms with van der Waals surface area (Å²) in [4.78, 5) is 25.9. The maximum Gasteiger partial charge on any atom is 0.421 e. The average Bonchev–Trinajstić information content (AvgIpc) is 2.97. The number of aromatic nitrogens is 3. The van der Waals surface area contributed by atoms with E-state index in [9.17, 15) is 26.4 Å². The predicted molar refractivity (Wildman–Crippen MR) is 157 cm³/mol. The van der Waals surface area contributed by atoms with E-state index in [0.717, 1.165) is 6.08 Å². The number of ether oxygens (including phenoxy) is 1. The number of halogens is 3. The monoisotopic (exact) mass is 620 g/mol. The van der Waals surface area contributed by atoms with Crippen molar-refractivity contribution >= 4 is 50.6 Å². The molecule has 1 aliphatic rings. The Bertz CT molecular complexity index is 1590. The fraction of sp³-hybridized carbons (Fsp3) is 0.333. The number of anilines is 6. The van der Waals surface area contributed by atoms with Gasteiger partial charge in [0.25, 0.3) is 0 Å². The number of sulfonamides is 1. The lowest BCUT2D eigenvalue weighted by atomic mass is 10.2. The van der Waals surface area contributed by atoms with Crippen LogP contribution in [0.5, 0.6) is 5.88 Å². The lowest BCUT2D eigenvalue weighted by Gasteiger charge is -2.35. The standard InChI is InChI=1S/C27H31F3N8O4S/c1-5-23(39)32-18-7-6-8-19(15-18)33-24-20(27(28,29)30)16-31-26(36-24)34-21-9-10-22(35-25(21)42-4)37-11-13-38(14-12-37)43(40,41)17(2)3/h5-10,15-17H,1,11-14H2,2-4H3,(H,32,39)(H2,31,33,34,36). The molecule has 1 fully saturated rings. The maximum absolute atomic E-state index is 13.8. The summed E-state index contributed by atoms with van der Waals surface area (Å²) in [7, 11) is -1.97. The van der Waals surface area contributed by atoms with Crippen LogP contribution < -0.4 is 25.6 Å². The Balaban J connectivity index is 1.55. The third-order valence-corrected chi connectivity index (χ3v) is 8.75. The van der Waals surface area contributed by atoms with Crippen molar-refractivity contribution in [2.45, 2.75) is 25.3 Å². The highest BCUT2D eigenvalue weighted by Gasteiger charge is 2.35. The van der Waals surface area contributed by atoms with Gasteiger partial charge in [-0.05, 0) is 50.3 Å². The fourth-order valence-electron chi connectivity index (χ4n) is 4.20. The van der Waals surface area contributed by atoms with Crippen LogP contribution >= 0.6 is 0 Å². The molecule has 3 aromatic rings. The van der Waals surface area contributed by atoms with E-state index in [1.807, 2.05) is 4.90 Å². The Morgan fingerprint density at radius 1 is 1.07 bits per heavy atom. The Labute approximate surface area is 247 Å². The zero-order valence-electron chi connectivity index (χ0n) is 23.6. The number of amides is 1. The van der Waals surface area contributed by atoms with Crippen LogP contribution in [0.25, 0.3) is 0 Å². The van der Waals surface area contributed by atoms with E-state index in [4.69, 9.17) is 4.74 Å². The van der Waals surface area contributed by atoms with E-state index < -0.39 is 38.7 Å². The number of hydrogen-bond acceptors (Lipinski definition) is 10. The number of carbonyl (C=O) groups is 1. The minimum Gasteiger partial charge on any atom is -0.479 e. The summed E-state index contributed by atoms with van der Waals surface area (Å²) in [6.07, 6.45) is -3.03. The number of piperazine rings is 1. The quantitative estimate of drug-likeness (QED) is 0.280. The first kappa shape index (κ1) is 31.5. The van der Waals surface area contributed by atoms with Crippen molar-refractivity contribution in [2.75, 3.05) is 54.1 Å². The van der Waals surface area contributed by atoms with Gasteiger partial charge in [0.05, 0.1) is 12.4 Å². The van der Waals surface area contributed by atoms with Crippen molar-refractivity contribution < 1.29 is 31.1 Å². The number of pyridine rings is 1. The first-order valence-electron chi connectivity index (χ1n) is 13.1. The van der Waals surface area contributed by atoms with Gasteiger partial charge in [0.15, 0.2) is 0 Å². The molecule has 2 aromatic heterocycles. The molecule has 0 radical (unpaired) electrons. The van der Waals surface area contributed by atoms with Crippen molar-refractivity contribution in [3.63, 3.8) is 0 Å². The van der Waals surface area contributed by atoms with Crippen molar-refractivity contribution in [1.29, 1.82) is 0 Å². The maximum atomic E-state index is 13.8. The second kappa shape index (κ2) is 12.8. The van der Waals surface area contributed by atoms with Gasteiger partial charge in [-0.15, -0.1) is 0 Å². The van der Waals surface area contributed by atoms with Gasteiger partial charge in [-0.2, -0.15) is 27.4 Å². The van der Waals surface area contributed by atoms with Gasteiger partial charge >= 0.3 is 6.18 Å². The number of rotatable bonds is 10. The lowest BCUT2D eigenvalue weighted by Crippen LogP contribution is -2.50. The Morgan fingerprint density at radius 2 is 1.77 bits per heavy atom. The molecule has 0 atom stereocenters. The van der Waals surface area contributed by atoms with Gasteiger partial charge in [-0.1, -0.05) is 12.6 Å². The molecule has 0 unspecified atom stereocenters. The molecule has 4 rings (SSSR count). The summed E-state index contributed by atoms with van der Waals surface area (Å²) >= 11 is 0. The lowest BCUT2D eigenvalue weighted by molar-refractivity contribution is -0.137. The van der Waals surface area contributed by atoms with Crippen LogP contribution in [0, 0.1) is 0 Å². The van der Waals surface area contributed by atoms with E-state index in [-0.39, 0.29) is 17.5 Å². The van der Waals surface area contributed by atoms with Crippen molar-refractivity contribution in [3.05, 3.63) is 60.8 Å². The minimum atomic E-state index is -4.76. The Hall–Kier alpha value is -4.44. The van der Waals surface area contributed by atoms with Crippen molar-refractivity contribution in [3.8, 4) is 5.88 Å². The fourth-order valence-corrected chi connectivity index (χ4v) is 5.47. The summed E-state index contributed by atoms with van der Waals surface area (Å²) in [5.41, 5.74) is -0.221. The molecule has 3 heterocycles. The molecule has 230 valence electrons. The topological polar surface area (TPSA) is 142 Å². The Kier molecular flexibility index (Phi) is 9.40. The third kappa shape index (κ3) is 7.50. The second-order valence-corrected chi connectivity index (χ2v) is 12.2. The molecule has 43 heavy (non-hydrogen) atoms. The second-order valence-electron chi connectivity index (χ2n) is 9.68. The van der Waals surface area contributed by atoms with Crippen LogP contribution in [0.3, 0.4) is 0 Å². The molecule has 1 aromatic carbocycles. The zero-order chi connectivity index (χ0) is 31.4. The van der Waals surface area contributed by atoms with Gasteiger partial charge in [-0.25, -0.2) is 13.4 Å². The van der Waals surface area contributed by atoms with Crippen LogP contribution in [0.4, 0.5) is 47.8 Å². The van der Waals surface area contributed by atoms with Gasteiger partial charge in [0.1, 0.15) is 22.9 Å². The van der Waals surface area contributed by atoms with Gasteiger partial charge < -0.3 is 25.6 Å². The minimum absolute atomic E-state index is 0.137. The van der Waals surface area contributed by atoms with E-state index in [2.05, 4.69) is 37.5 Å². The van der Waals surface area contributed by atoms with Crippen LogP contribution in [-0.4, -0.2) is 72.1 Å². The van der Waals surface area contributed by atoms with E-state index in [0.29, 0.717) is 49.6 Å². The molecule has 1 saturated heterocycles. The van der Waals surface area contributed by atoms with Gasteiger partial charge in [0, 0.05) is 43.8 Å². The van der Waals surface area contributed by atoms with Crippen molar-refractivity contribution in [1.82, 2.24) is 19.3 Å². The normalized spacial score (nSPS) is 14.3. The smallest absolute Gasteiger partial charge is 0.421 e. The highest BCUT2D eigenvalue weighted by atomic mass is 32.2. The van der Waals surface area contributed by atoms with E-state index in [1.165, 1.54) is 23.5 Å². The summed E-state index contributed by atoms with van der Waals surface area (Å²) in [6.45, 7) is 8.12. The molecule has 3 N–H and O–H groups in total. The highest BCUT2D eigenvalue weighted by molar-refractivity contribution is 7.89. The summed E-state index contributed by atoms with van der Waals surface area (Å²) in [5.74, 6) is -0.472. The molecule has 16 heteroatoms. The summed E-state index contributed by atoms with van der Waals surface area (Å²) < 4.78 is 73.2. The SMILES string of the molecule is C=CC(=O)Nc1cccc(Nc2nc(Nc3ccc(N4CCN(S(=O)(=O)C(C)C)CC4)nc3OC)ncc2C(F)(F)F)c1. The number of methoxy groups -OCH3 is 1. The molecule has 0 aliphatic carbocycles. The highest BCUT2D eigenvalue weighted by Crippen LogP contribution is 2.36. The van der Waals surface area contributed by atoms with Gasteiger partial charge in [-0.3, -0.25) is 4.79 Å². The summed E-state index contributed by atoms with van der Waals surface area (Å²) in [5, 5.41) is 7.53. The first-order chi connectivity index (χ1) is 20.3. The predicted octanol–water partition coefficient (Wildman–Crippen LogP) is 4.37. The van der Waals surface area contributed by atoms with E-state index in [1.54, 1.807) is 38.1 Å². The Morgan fingerprint density at radius 3 is 2.40 bits per heavy atom. The number of carbonyl (C=O) groups excluding carboxylic acids is 1. The first-order valence-corrected chi connectivity index (χ1v) is 14.6. The van der Waals surface area contributed by atoms with E-state index >= 15 is 0 Å². The number of nitrogens with zero attached hydrogens (tertiary/aromatic N) is 5. The molecule has 12 nitrogen and oxygen atoms in total. The average molecular weight is 621 g/mol. The van der Waals surface area contributed by atoms with Crippen LogP contribution in [0.15, 0.2) is 55.3 Å². The van der Waals surface area contributed by atoms with Gasteiger partial charge in [0.2, 0.25) is 27.8 Å². The van der Waals surface area contributed by atoms with Crippen LogP contribution in [-0.2, 0) is 21.0 Å². The number of benzene rings is 1. The molecule has 0 bridgehead atoms. The molecular formula is C27H31F3N8O4S. The molecule has 0 spiro atoms. The van der Waals surface area contributed by atoms with Crippen LogP contribution in [0.1, 0.15) is 19.4 Å². The number of hydrogen-bond donors (Lipinski definition) is 3. The molecular weight excluding hydrogens is 589 g/mol. The molecule has 1 amide bonds. The zero-order valence-corrected chi connectivity index (χ0v) is 24.5. The van der Waals surface area contributed by atoms with Crippen molar-refractivity contribution in [2.24, 2.45) is 0 Å².